The first-order valence-corrected chi connectivity index (χ1v) is 59.5. The van der Waals surface area contributed by atoms with Crippen molar-refractivity contribution in [1.29, 1.82) is 0 Å². The molecule has 0 aliphatic heterocycles. The molecule has 11 aromatic carbocycles. The smallest absolute Gasteiger partial charge is 0.202 e. The SMILES string of the molecule is CC1c2cccc3cccc(c23)C1C.CC1c2cccc3cccc(c23)C1C.CCC(C)c1ccc(O)cc1.CCC(C)c1ccc(O)cc1.CCC(C)c1ccc(O)cc1.CCC(C)c1ccc(OC(OC2C3CC4CC(C3)CC2C4)C(C)C)cc1.CCC(C)c1ccc(OC(OC2CC3CC2C2CCCC32)C(C)C)cc1.CCC(C)c1ccc(OC(OC2CC3CC2C2CCCC32)C(C)C)cc1.CCC(C)c1ccccc1. The minimum atomic E-state index is -0.132. The van der Waals surface area contributed by atoms with E-state index < -0.39 is 0 Å². The van der Waals surface area contributed by atoms with Gasteiger partial charge in [0, 0.05) is 17.8 Å². The lowest BCUT2D eigenvalue weighted by atomic mass is 9.55. The third kappa shape index (κ3) is 29.4. The number of benzene rings is 11. The summed E-state index contributed by atoms with van der Waals surface area (Å²) in [6.07, 6.45) is 30.2. The van der Waals surface area contributed by atoms with Gasteiger partial charge in [-0.05, 0) is 420 Å². The van der Waals surface area contributed by atoms with Gasteiger partial charge in [-0.25, -0.2) is 0 Å². The quantitative estimate of drug-likeness (QED) is 0.0394. The fraction of sp³-hybridized carbons (Fsp3) is 0.557. The van der Waals surface area contributed by atoms with E-state index in [4.69, 9.17) is 43.7 Å². The molecule has 12 aliphatic rings. The number of hydrogen-bond donors (Lipinski definition) is 3. The zero-order valence-corrected chi connectivity index (χ0v) is 96.0. The third-order valence-corrected chi connectivity index (χ3v) is 38.0. The van der Waals surface area contributed by atoms with Crippen molar-refractivity contribution in [2.24, 2.45) is 88.8 Å². The minimum Gasteiger partial charge on any atom is -0.508 e. The van der Waals surface area contributed by atoms with Crippen LogP contribution in [-0.2, 0) is 14.2 Å². The molecule has 10 fully saturated rings. The van der Waals surface area contributed by atoms with Gasteiger partial charge in [-0.15, -0.1) is 0 Å². The predicted octanol–water partition coefficient (Wildman–Crippen LogP) is 39.2. The zero-order valence-electron chi connectivity index (χ0n) is 96.0. The molecule has 12 aliphatic carbocycles. The molecule has 0 spiro atoms. The summed E-state index contributed by atoms with van der Waals surface area (Å²) >= 11 is 0. The van der Waals surface area contributed by atoms with Crippen LogP contribution in [0.1, 0.15) is 434 Å². The van der Waals surface area contributed by atoms with Crippen molar-refractivity contribution in [1.82, 2.24) is 0 Å². The highest BCUT2D eigenvalue weighted by atomic mass is 16.7. The average Bonchev–Trinajstić information content (AvgIpc) is 1.71. The van der Waals surface area contributed by atoms with Crippen LogP contribution in [0.15, 0.2) is 249 Å². The molecular formula is C140H192O9. The maximum Gasteiger partial charge on any atom is 0.202 e. The van der Waals surface area contributed by atoms with Crippen LogP contribution in [0.2, 0.25) is 0 Å². The van der Waals surface area contributed by atoms with E-state index in [0.29, 0.717) is 118 Å². The highest BCUT2D eigenvalue weighted by molar-refractivity contribution is 5.93. The van der Waals surface area contributed by atoms with Gasteiger partial charge in [0.25, 0.3) is 0 Å². The summed E-state index contributed by atoms with van der Waals surface area (Å²) in [6, 6.07) is 85.6. The second-order valence-electron chi connectivity index (χ2n) is 48.7. The van der Waals surface area contributed by atoms with Gasteiger partial charge in [0.15, 0.2) is 0 Å². The van der Waals surface area contributed by atoms with Crippen LogP contribution in [0.4, 0.5) is 0 Å². The van der Waals surface area contributed by atoms with Gasteiger partial charge in [-0.3, -0.25) is 0 Å². The van der Waals surface area contributed by atoms with Crippen LogP contribution >= 0.6 is 0 Å². The van der Waals surface area contributed by atoms with E-state index in [-0.39, 0.29) is 18.9 Å². The number of phenols is 3. The molecule has 9 heteroatoms. The maximum absolute atomic E-state index is 9.01. The van der Waals surface area contributed by atoms with Gasteiger partial charge in [-0.2, -0.15) is 0 Å². The number of fused-ring (bicyclic) bond motifs is 10. The highest BCUT2D eigenvalue weighted by Crippen LogP contribution is 2.62. The van der Waals surface area contributed by atoms with Gasteiger partial charge in [0.2, 0.25) is 18.9 Å². The number of ether oxygens (including phenoxy) is 6. The van der Waals surface area contributed by atoms with Crippen molar-refractivity contribution in [3.63, 3.8) is 0 Å². The van der Waals surface area contributed by atoms with Crippen LogP contribution in [0.5, 0.6) is 34.5 Å². The van der Waals surface area contributed by atoms with E-state index in [2.05, 4.69) is 342 Å². The van der Waals surface area contributed by atoms with Crippen molar-refractivity contribution in [2.75, 3.05) is 0 Å². The maximum atomic E-state index is 9.01. The lowest BCUT2D eigenvalue weighted by molar-refractivity contribution is -0.210. The molecule has 3 N–H and O–H groups in total. The second-order valence-corrected chi connectivity index (χ2v) is 48.7. The van der Waals surface area contributed by atoms with Crippen LogP contribution in [0.3, 0.4) is 0 Å². The standard InChI is InChI=1S/3C24H36O2.2C14H14.3C10H14O.C10H14/c1-5-16(4)19-6-8-22(9-7-19)25-24(15(2)3)26-23-20-11-17-10-18(13-20)14-21(23)12-17;2*1-5-16(4)17-9-11-19(12-10-17)25-24(15(2)3)26-23-14-18-13-22(23)21-8-6-7-20(18)21;2*1-9-10(2)13-8-4-6-11-5-3-7-12(9)14(11)13;3*1-3-8(2)9-4-6-10(11)7-5-9;1-3-9(2)10-7-5-4-6-8-10/h6-9,15-18,20-21,23-24H,5,10-14H2,1-4H3;2*9-12,15-16,18,20-24H,5-8,13-14H2,1-4H3;2*3-10H,1-2H3;3*4-8,11H,3H2,1-2H3;4-9H,3H2,1-2H3. The lowest BCUT2D eigenvalue weighted by Gasteiger charge is -2.54. The molecule has 149 heavy (non-hydrogen) atoms. The molecule has 0 amide bonds. The highest BCUT2D eigenvalue weighted by Gasteiger charge is 2.57. The molecule has 0 heterocycles. The van der Waals surface area contributed by atoms with Crippen molar-refractivity contribution >= 4 is 21.5 Å². The van der Waals surface area contributed by atoms with Crippen LogP contribution in [0, 0.1) is 88.8 Å². The fourth-order valence-electron chi connectivity index (χ4n) is 27.1. The molecule has 23 rings (SSSR count). The van der Waals surface area contributed by atoms with E-state index in [1.165, 1.54) is 205 Å². The van der Waals surface area contributed by atoms with Crippen LogP contribution in [-0.4, -0.2) is 52.5 Å². The molecule has 24 atom stereocenters. The summed E-state index contributed by atoms with van der Waals surface area (Å²) in [5.41, 5.74) is 15.6. The number of phenolic OH excluding ortho intramolecular Hbond substituents is 3. The Hall–Kier alpha value is -9.38. The normalized spacial score (nSPS) is 26.6. The second kappa shape index (κ2) is 54.9. The largest absolute Gasteiger partial charge is 0.508 e. The summed E-state index contributed by atoms with van der Waals surface area (Å²) in [5, 5.41) is 32.9. The minimum absolute atomic E-state index is 0.131. The van der Waals surface area contributed by atoms with Gasteiger partial charge < -0.3 is 43.7 Å². The fourth-order valence-corrected chi connectivity index (χ4v) is 27.1. The number of rotatable bonds is 29. The Balaban J connectivity index is 0.000000136. The van der Waals surface area contributed by atoms with E-state index in [1.807, 2.05) is 36.4 Å². The Morgan fingerprint density at radius 3 is 0.752 bits per heavy atom. The van der Waals surface area contributed by atoms with Gasteiger partial charge in [0.05, 0.1) is 18.3 Å². The molecule has 11 aromatic rings. The summed E-state index contributed by atoms with van der Waals surface area (Å²) in [4.78, 5) is 0. The van der Waals surface area contributed by atoms with Crippen molar-refractivity contribution in [2.45, 2.75) is 410 Å². The number of aromatic hydroxyl groups is 3. The Bertz CT molecular complexity index is 5350. The lowest BCUT2D eigenvalue weighted by Crippen LogP contribution is -2.51. The molecule has 0 saturated heterocycles. The van der Waals surface area contributed by atoms with Crippen molar-refractivity contribution in [3.8, 4) is 34.5 Å². The monoisotopic (exact) mass is 2020 g/mol. The molecule has 9 nitrogen and oxygen atoms in total. The van der Waals surface area contributed by atoms with E-state index in [0.717, 1.165) is 108 Å². The Labute approximate surface area is 902 Å². The van der Waals surface area contributed by atoms with Crippen molar-refractivity contribution in [3.05, 3.63) is 310 Å². The Morgan fingerprint density at radius 1 is 0.242 bits per heavy atom. The first-order valence-electron chi connectivity index (χ1n) is 59.5. The van der Waals surface area contributed by atoms with Gasteiger partial charge in [0.1, 0.15) is 34.5 Å². The molecule has 24 unspecified atom stereocenters. The first kappa shape index (κ1) is 115. The summed E-state index contributed by atoms with van der Waals surface area (Å²) in [6.45, 7) is 53.7. The van der Waals surface area contributed by atoms with Gasteiger partial charge >= 0.3 is 0 Å². The van der Waals surface area contributed by atoms with Crippen molar-refractivity contribution < 1.29 is 43.7 Å². The third-order valence-electron chi connectivity index (χ3n) is 38.0. The molecule has 806 valence electrons. The predicted molar refractivity (Wildman–Crippen MR) is 626 cm³/mol. The Morgan fingerprint density at radius 2 is 0.490 bits per heavy atom. The molecule has 0 aromatic heterocycles. The van der Waals surface area contributed by atoms with Crippen LogP contribution < -0.4 is 14.2 Å². The van der Waals surface area contributed by atoms with E-state index >= 15 is 0 Å². The zero-order chi connectivity index (χ0) is 106. The average molecular weight is 2020 g/mol. The number of hydrogen-bond acceptors (Lipinski definition) is 9. The molecular weight excluding hydrogens is 1830 g/mol. The first-order chi connectivity index (χ1) is 71.8. The molecule has 0 radical (unpaired) electrons. The topological polar surface area (TPSA) is 116 Å². The van der Waals surface area contributed by atoms with E-state index in [1.54, 1.807) is 36.4 Å². The van der Waals surface area contributed by atoms with Gasteiger partial charge in [-0.1, -0.05) is 355 Å². The van der Waals surface area contributed by atoms with E-state index in [9.17, 15) is 0 Å². The van der Waals surface area contributed by atoms with Crippen LogP contribution in [0.25, 0.3) is 21.5 Å². The summed E-state index contributed by atoms with van der Waals surface area (Å²) < 4.78 is 38.8. The summed E-state index contributed by atoms with van der Waals surface area (Å²) in [5.74, 6) is 22.9. The Kier molecular flexibility index (Phi) is 42.5. The molecule has 10 saturated carbocycles. The summed E-state index contributed by atoms with van der Waals surface area (Å²) in [7, 11) is 0. The molecule has 8 bridgehead atoms.